The first kappa shape index (κ1) is 13.0. The predicted octanol–water partition coefficient (Wildman–Crippen LogP) is 1.03. The summed E-state index contributed by atoms with van der Waals surface area (Å²) in [7, 11) is -1.95. The maximum atomic E-state index is 12.0. The van der Waals surface area contributed by atoms with E-state index in [9.17, 15) is 8.42 Å². The SMILES string of the molecule is COc1ccc(NS(=O)(=O)N2CCCC2)cc1N. The average molecular weight is 271 g/mol. The molecule has 0 unspecified atom stereocenters. The summed E-state index contributed by atoms with van der Waals surface area (Å²) in [4.78, 5) is 0. The van der Waals surface area contributed by atoms with E-state index in [-0.39, 0.29) is 0 Å². The van der Waals surface area contributed by atoms with E-state index in [1.807, 2.05) is 0 Å². The van der Waals surface area contributed by atoms with Gasteiger partial charge >= 0.3 is 10.2 Å². The molecular weight excluding hydrogens is 254 g/mol. The predicted molar refractivity (Wildman–Crippen MR) is 70.8 cm³/mol. The maximum absolute atomic E-state index is 12.0. The zero-order chi connectivity index (χ0) is 13.2. The summed E-state index contributed by atoms with van der Waals surface area (Å²) in [5.74, 6) is 0.527. The van der Waals surface area contributed by atoms with Crippen molar-refractivity contribution >= 4 is 21.6 Å². The minimum absolute atomic E-state index is 0.402. The van der Waals surface area contributed by atoms with Crippen molar-refractivity contribution in [3.8, 4) is 5.75 Å². The number of hydrogen-bond acceptors (Lipinski definition) is 4. The van der Waals surface area contributed by atoms with Gasteiger partial charge in [0.05, 0.1) is 18.5 Å². The summed E-state index contributed by atoms with van der Waals surface area (Å²) in [5, 5.41) is 0. The molecule has 2 rings (SSSR count). The van der Waals surface area contributed by atoms with Crippen LogP contribution in [0.2, 0.25) is 0 Å². The molecule has 0 radical (unpaired) electrons. The molecule has 1 aliphatic rings. The Balaban J connectivity index is 2.16. The van der Waals surface area contributed by atoms with E-state index in [2.05, 4.69) is 4.72 Å². The molecule has 1 heterocycles. The summed E-state index contributed by atoms with van der Waals surface area (Å²) in [6.45, 7) is 1.14. The molecule has 0 bridgehead atoms. The first-order valence-corrected chi connectivity index (χ1v) is 7.18. The second-order valence-electron chi connectivity index (χ2n) is 4.17. The third-order valence-corrected chi connectivity index (χ3v) is 4.42. The highest BCUT2D eigenvalue weighted by Gasteiger charge is 2.25. The Morgan fingerprint density at radius 2 is 2.00 bits per heavy atom. The van der Waals surface area contributed by atoms with Crippen LogP contribution in [0.15, 0.2) is 18.2 Å². The van der Waals surface area contributed by atoms with E-state index in [0.29, 0.717) is 30.2 Å². The van der Waals surface area contributed by atoms with Crippen molar-refractivity contribution in [1.29, 1.82) is 0 Å². The fourth-order valence-corrected chi connectivity index (χ4v) is 3.23. The number of nitrogen functional groups attached to an aromatic ring is 1. The van der Waals surface area contributed by atoms with Crippen LogP contribution in [-0.2, 0) is 10.2 Å². The van der Waals surface area contributed by atoms with Gasteiger partial charge in [0, 0.05) is 13.1 Å². The zero-order valence-electron chi connectivity index (χ0n) is 10.2. The normalized spacial score (nSPS) is 16.7. The van der Waals surface area contributed by atoms with Crippen LogP contribution >= 0.6 is 0 Å². The van der Waals surface area contributed by atoms with Gasteiger partial charge in [0.2, 0.25) is 0 Å². The lowest BCUT2D eigenvalue weighted by Crippen LogP contribution is -2.33. The Kier molecular flexibility index (Phi) is 3.63. The third-order valence-electron chi connectivity index (χ3n) is 2.88. The zero-order valence-corrected chi connectivity index (χ0v) is 11.0. The van der Waals surface area contributed by atoms with E-state index in [1.165, 1.54) is 11.4 Å². The fraction of sp³-hybridized carbons (Fsp3) is 0.455. The van der Waals surface area contributed by atoms with Gasteiger partial charge < -0.3 is 10.5 Å². The van der Waals surface area contributed by atoms with Crippen molar-refractivity contribution in [2.45, 2.75) is 12.8 Å². The minimum Gasteiger partial charge on any atom is -0.495 e. The molecule has 1 aromatic carbocycles. The van der Waals surface area contributed by atoms with Crippen LogP contribution in [0.1, 0.15) is 12.8 Å². The van der Waals surface area contributed by atoms with E-state index < -0.39 is 10.2 Å². The van der Waals surface area contributed by atoms with Gasteiger partial charge in [-0.25, -0.2) is 0 Å². The Labute approximate surface area is 107 Å². The van der Waals surface area contributed by atoms with E-state index in [0.717, 1.165) is 12.8 Å². The quantitative estimate of drug-likeness (QED) is 0.801. The second-order valence-corrected chi connectivity index (χ2v) is 5.84. The highest BCUT2D eigenvalue weighted by atomic mass is 32.2. The summed E-state index contributed by atoms with van der Waals surface area (Å²) in [6.07, 6.45) is 1.82. The van der Waals surface area contributed by atoms with Crippen molar-refractivity contribution in [3.05, 3.63) is 18.2 Å². The number of anilines is 2. The van der Waals surface area contributed by atoms with Crippen LogP contribution in [0.5, 0.6) is 5.75 Å². The molecule has 0 spiro atoms. The van der Waals surface area contributed by atoms with Gasteiger partial charge in [0.15, 0.2) is 0 Å². The molecule has 100 valence electrons. The van der Waals surface area contributed by atoms with Crippen LogP contribution in [0.3, 0.4) is 0 Å². The summed E-state index contributed by atoms with van der Waals surface area (Å²) in [5.41, 5.74) is 6.58. The largest absolute Gasteiger partial charge is 0.495 e. The number of nitrogens with one attached hydrogen (secondary N) is 1. The van der Waals surface area contributed by atoms with Crippen molar-refractivity contribution in [1.82, 2.24) is 4.31 Å². The number of nitrogens with zero attached hydrogens (tertiary/aromatic N) is 1. The number of methoxy groups -OCH3 is 1. The van der Waals surface area contributed by atoms with E-state index in [1.54, 1.807) is 18.2 Å². The molecule has 0 atom stereocenters. The molecule has 18 heavy (non-hydrogen) atoms. The van der Waals surface area contributed by atoms with Crippen LogP contribution in [0, 0.1) is 0 Å². The molecule has 0 saturated carbocycles. The number of benzene rings is 1. The van der Waals surface area contributed by atoms with Crippen molar-refractivity contribution in [2.24, 2.45) is 0 Å². The molecule has 0 amide bonds. The lowest BCUT2D eigenvalue weighted by molar-refractivity contribution is 0.417. The molecule has 0 aliphatic carbocycles. The van der Waals surface area contributed by atoms with Crippen molar-refractivity contribution in [3.63, 3.8) is 0 Å². The van der Waals surface area contributed by atoms with Crippen LogP contribution in [-0.4, -0.2) is 32.9 Å². The molecule has 6 nitrogen and oxygen atoms in total. The maximum Gasteiger partial charge on any atom is 0.301 e. The first-order chi connectivity index (χ1) is 8.53. The monoisotopic (exact) mass is 271 g/mol. The number of hydrogen-bond donors (Lipinski definition) is 2. The molecule has 0 aromatic heterocycles. The highest BCUT2D eigenvalue weighted by Crippen LogP contribution is 2.26. The molecule has 3 N–H and O–H groups in total. The molecule has 1 aliphatic heterocycles. The summed E-state index contributed by atoms with van der Waals surface area (Å²) in [6, 6.07) is 4.81. The Bertz CT molecular complexity index is 524. The van der Waals surface area contributed by atoms with Gasteiger partial charge in [-0.15, -0.1) is 0 Å². The fourth-order valence-electron chi connectivity index (χ4n) is 1.94. The minimum atomic E-state index is -3.46. The second kappa shape index (κ2) is 5.03. The van der Waals surface area contributed by atoms with Gasteiger partial charge in [-0.3, -0.25) is 4.72 Å². The molecular formula is C11H17N3O3S. The van der Waals surface area contributed by atoms with Crippen molar-refractivity contribution < 1.29 is 13.2 Å². The van der Waals surface area contributed by atoms with Crippen LogP contribution < -0.4 is 15.2 Å². The lowest BCUT2D eigenvalue weighted by Gasteiger charge is -2.17. The van der Waals surface area contributed by atoms with Crippen molar-refractivity contribution in [2.75, 3.05) is 30.7 Å². The van der Waals surface area contributed by atoms with Gasteiger partial charge in [-0.1, -0.05) is 0 Å². The van der Waals surface area contributed by atoms with Gasteiger partial charge in [-0.2, -0.15) is 12.7 Å². The smallest absolute Gasteiger partial charge is 0.301 e. The standard InChI is InChI=1S/C11H17N3O3S/c1-17-11-5-4-9(8-10(11)12)13-18(15,16)14-6-2-3-7-14/h4-5,8,13H,2-3,6-7,12H2,1H3. The topological polar surface area (TPSA) is 84.7 Å². The lowest BCUT2D eigenvalue weighted by atomic mass is 10.2. The first-order valence-electron chi connectivity index (χ1n) is 5.74. The van der Waals surface area contributed by atoms with E-state index in [4.69, 9.17) is 10.5 Å². The molecule has 1 fully saturated rings. The molecule has 1 aromatic rings. The van der Waals surface area contributed by atoms with Gasteiger partial charge in [-0.05, 0) is 31.0 Å². The number of ether oxygens (including phenoxy) is 1. The third kappa shape index (κ3) is 2.68. The van der Waals surface area contributed by atoms with Crippen LogP contribution in [0.4, 0.5) is 11.4 Å². The summed E-state index contributed by atoms with van der Waals surface area (Å²) < 4.78 is 33.0. The van der Waals surface area contributed by atoms with Crippen LogP contribution in [0.25, 0.3) is 0 Å². The number of nitrogens with two attached hydrogens (primary N) is 1. The summed E-state index contributed by atoms with van der Waals surface area (Å²) >= 11 is 0. The average Bonchev–Trinajstić information content (AvgIpc) is 2.82. The Hall–Kier alpha value is -1.47. The molecule has 1 saturated heterocycles. The Morgan fingerprint density at radius 1 is 1.33 bits per heavy atom. The Morgan fingerprint density at radius 3 is 2.56 bits per heavy atom. The van der Waals surface area contributed by atoms with Gasteiger partial charge in [0.1, 0.15) is 5.75 Å². The van der Waals surface area contributed by atoms with Gasteiger partial charge in [0.25, 0.3) is 0 Å². The highest BCUT2D eigenvalue weighted by molar-refractivity contribution is 7.90. The number of rotatable bonds is 4. The molecule has 7 heteroatoms. The van der Waals surface area contributed by atoms with E-state index >= 15 is 0 Å².